The van der Waals surface area contributed by atoms with E-state index in [1.165, 1.54) is 44.9 Å². The van der Waals surface area contributed by atoms with E-state index in [1.807, 2.05) is 6.08 Å². The highest BCUT2D eigenvalue weighted by molar-refractivity contribution is 5.77. The van der Waals surface area contributed by atoms with Gasteiger partial charge in [0.25, 0.3) is 0 Å². The number of nitrogens with zero attached hydrogens (tertiary/aromatic N) is 1. The summed E-state index contributed by atoms with van der Waals surface area (Å²) in [6, 6.07) is 0.604. The third-order valence-corrected chi connectivity index (χ3v) is 4.06. The molecule has 2 heteroatoms. The number of hydrogen-bond acceptors (Lipinski definition) is 2. The number of rotatable bonds is 8. The molecule has 0 N–H and O–H groups in total. The van der Waals surface area contributed by atoms with Crippen molar-refractivity contribution in [2.24, 2.45) is 5.92 Å². The molecule has 1 aliphatic carbocycles. The second-order valence-corrected chi connectivity index (χ2v) is 5.67. The fourth-order valence-electron chi connectivity index (χ4n) is 3.24. The molecule has 1 rings (SSSR count). The predicted molar refractivity (Wildman–Crippen MR) is 77.7 cm³/mol. The molecule has 0 aromatic heterocycles. The van der Waals surface area contributed by atoms with Gasteiger partial charge in [0, 0.05) is 12.6 Å². The molecule has 1 aliphatic rings. The number of Topliss-reactive ketones (excluding diaryl/α,β-unsaturated/α-hetero) is 1. The Labute approximate surface area is 112 Å². The molecule has 0 radical (unpaired) electrons. The molecule has 1 fully saturated rings. The zero-order valence-electron chi connectivity index (χ0n) is 12.2. The summed E-state index contributed by atoms with van der Waals surface area (Å²) in [5.74, 6) is 1.06. The third kappa shape index (κ3) is 4.93. The molecule has 0 heterocycles. The van der Waals surface area contributed by atoms with Crippen molar-refractivity contribution >= 4 is 5.78 Å². The molecule has 2 atom stereocenters. The molecule has 1 saturated carbocycles. The van der Waals surface area contributed by atoms with Gasteiger partial charge in [0.2, 0.25) is 0 Å². The van der Waals surface area contributed by atoms with Crippen molar-refractivity contribution in [1.82, 2.24) is 4.90 Å². The van der Waals surface area contributed by atoms with Gasteiger partial charge >= 0.3 is 0 Å². The van der Waals surface area contributed by atoms with Crippen LogP contribution < -0.4 is 0 Å². The van der Waals surface area contributed by atoms with Gasteiger partial charge in [0.15, 0.2) is 0 Å². The van der Waals surface area contributed by atoms with Gasteiger partial charge in [-0.25, -0.2) is 0 Å². The van der Waals surface area contributed by atoms with E-state index in [0.29, 0.717) is 12.6 Å². The minimum absolute atomic E-state index is 0.275. The summed E-state index contributed by atoms with van der Waals surface area (Å²) in [4.78, 5) is 13.8. The molecule has 2 nitrogen and oxygen atoms in total. The van der Waals surface area contributed by atoms with Crippen molar-refractivity contribution in [1.29, 1.82) is 0 Å². The Morgan fingerprint density at radius 2 is 2.11 bits per heavy atom. The summed E-state index contributed by atoms with van der Waals surface area (Å²) in [6.45, 7) is 9.24. The molecule has 0 aromatic rings. The smallest absolute Gasteiger partial charge is 0.143 e. The molecule has 0 spiro atoms. The van der Waals surface area contributed by atoms with Crippen molar-refractivity contribution in [2.75, 3.05) is 13.1 Å². The van der Waals surface area contributed by atoms with Crippen molar-refractivity contribution < 1.29 is 4.79 Å². The molecule has 104 valence electrons. The van der Waals surface area contributed by atoms with E-state index in [0.717, 1.165) is 12.5 Å². The van der Waals surface area contributed by atoms with Crippen LogP contribution in [-0.4, -0.2) is 29.8 Å². The SMILES string of the molecule is C=CCN(CC(C)=O)C1CCCCC1CCCC. The van der Waals surface area contributed by atoms with E-state index in [2.05, 4.69) is 18.4 Å². The van der Waals surface area contributed by atoms with Crippen LogP contribution in [0.4, 0.5) is 0 Å². The van der Waals surface area contributed by atoms with Crippen LogP contribution in [0.15, 0.2) is 12.7 Å². The average molecular weight is 251 g/mol. The molecule has 18 heavy (non-hydrogen) atoms. The summed E-state index contributed by atoms with van der Waals surface area (Å²) >= 11 is 0. The first-order chi connectivity index (χ1) is 8.69. The molecule has 0 aliphatic heterocycles. The largest absolute Gasteiger partial charge is 0.299 e. The lowest BCUT2D eigenvalue weighted by atomic mass is 9.80. The van der Waals surface area contributed by atoms with E-state index < -0.39 is 0 Å². The highest BCUT2D eigenvalue weighted by Crippen LogP contribution is 2.32. The highest BCUT2D eigenvalue weighted by Gasteiger charge is 2.29. The minimum Gasteiger partial charge on any atom is -0.299 e. The molecule has 2 unspecified atom stereocenters. The second-order valence-electron chi connectivity index (χ2n) is 5.67. The van der Waals surface area contributed by atoms with E-state index in [1.54, 1.807) is 6.92 Å². The zero-order valence-corrected chi connectivity index (χ0v) is 12.2. The number of unbranched alkanes of at least 4 members (excludes halogenated alkanes) is 1. The van der Waals surface area contributed by atoms with Gasteiger partial charge < -0.3 is 0 Å². The fraction of sp³-hybridized carbons (Fsp3) is 0.812. The summed E-state index contributed by atoms with van der Waals surface area (Å²) in [6.07, 6.45) is 11.2. The first kappa shape index (κ1) is 15.4. The lowest BCUT2D eigenvalue weighted by Crippen LogP contribution is -2.44. The third-order valence-electron chi connectivity index (χ3n) is 4.06. The van der Waals surface area contributed by atoms with E-state index in [4.69, 9.17) is 0 Å². The minimum atomic E-state index is 0.275. The Bertz CT molecular complexity index is 262. The van der Waals surface area contributed by atoms with Gasteiger partial charge in [-0.05, 0) is 32.1 Å². The van der Waals surface area contributed by atoms with Crippen molar-refractivity contribution in [2.45, 2.75) is 64.8 Å². The first-order valence-corrected chi connectivity index (χ1v) is 7.53. The molecule has 0 aromatic carbocycles. The lowest BCUT2D eigenvalue weighted by Gasteiger charge is -2.39. The number of ketones is 1. The van der Waals surface area contributed by atoms with Gasteiger partial charge in [0.1, 0.15) is 5.78 Å². The van der Waals surface area contributed by atoms with Crippen LogP contribution in [-0.2, 0) is 4.79 Å². The van der Waals surface area contributed by atoms with Crippen LogP contribution in [0.2, 0.25) is 0 Å². The van der Waals surface area contributed by atoms with Gasteiger partial charge in [-0.2, -0.15) is 0 Å². The number of carbonyl (C=O) groups is 1. The summed E-state index contributed by atoms with van der Waals surface area (Å²) < 4.78 is 0. The summed E-state index contributed by atoms with van der Waals surface area (Å²) in [7, 11) is 0. The Kier molecular flexibility index (Phi) is 7.26. The molecular formula is C16H29NO. The Balaban J connectivity index is 2.64. The number of hydrogen-bond donors (Lipinski definition) is 0. The topological polar surface area (TPSA) is 20.3 Å². The zero-order chi connectivity index (χ0) is 13.4. The number of carbonyl (C=O) groups excluding carboxylic acids is 1. The lowest BCUT2D eigenvalue weighted by molar-refractivity contribution is -0.119. The van der Waals surface area contributed by atoms with Gasteiger partial charge in [-0.15, -0.1) is 6.58 Å². The van der Waals surface area contributed by atoms with Gasteiger partial charge in [0.05, 0.1) is 6.54 Å². The Morgan fingerprint density at radius 3 is 2.72 bits per heavy atom. The maximum atomic E-state index is 11.4. The van der Waals surface area contributed by atoms with E-state index in [9.17, 15) is 4.79 Å². The van der Waals surface area contributed by atoms with Gasteiger partial charge in [-0.3, -0.25) is 9.69 Å². The van der Waals surface area contributed by atoms with Crippen LogP contribution >= 0.6 is 0 Å². The second kappa shape index (κ2) is 8.47. The first-order valence-electron chi connectivity index (χ1n) is 7.53. The van der Waals surface area contributed by atoms with E-state index >= 15 is 0 Å². The standard InChI is InChI=1S/C16H29NO/c1-4-6-9-15-10-7-8-11-16(15)17(12-5-2)13-14(3)18/h5,15-16H,2,4,6-13H2,1,3H3. The van der Waals surface area contributed by atoms with Crippen LogP contribution in [0.1, 0.15) is 58.8 Å². The quantitative estimate of drug-likeness (QED) is 0.611. The highest BCUT2D eigenvalue weighted by atomic mass is 16.1. The molecular weight excluding hydrogens is 222 g/mol. The van der Waals surface area contributed by atoms with Crippen LogP contribution in [0.25, 0.3) is 0 Å². The van der Waals surface area contributed by atoms with Crippen molar-refractivity contribution in [3.05, 3.63) is 12.7 Å². The normalized spacial score (nSPS) is 24.2. The fourth-order valence-corrected chi connectivity index (χ4v) is 3.24. The maximum absolute atomic E-state index is 11.4. The monoisotopic (exact) mass is 251 g/mol. The van der Waals surface area contributed by atoms with Crippen molar-refractivity contribution in [3.63, 3.8) is 0 Å². The van der Waals surface area contributed by atoms with Crippen molar-refractivity contribution in [3.8, 4) is 0 Å². The predicted octanol–water partition coefficient (Wildman–Crippen LogP) is 3.81. The summed E-state index contributed by atoms with van der Waals surface area (Å²) in [5.41, 5.74) is 0. The Hall–Kier alpha value is -0.630. The Morgan fingerprint density at radius 1 is 1.39 bits per heavy atom. The van der Waals surface area contributed by atoms with Crippen LogP contribution in [0, 0.1) is 5.92 Å². The molecule has 0 saturated heterocycles. The van der Waals surface area contributed by atoms with Crippen LogP contribution in [0.3, 0.4) is 0 Å². The average Bonchev–Trinajstić information content (AvgIpc) is 2.36. The molecule has 0 bridgehead atoms. The van der Waals surface area contributed by atoms with Gasteiger partial charge in [-0.1, -0.05) is 38.7 Å². The maximum Gasteiger partial charge on any atom is 0.143 e. The molecule has 0 amide bonds. The van der Waals surface area contributed by atoms with Crippen LogP contribution in [0.5, 0.6) is 0 Å². The summed E-state index contributed by atoms with van der Waals surface area (Å²) in [5, 5.41) is 0. The van der Waals surface area contributed by atoms with E-state index in [-0.39, 0.29) is 5.78 Å².